The normalized spacial score (nSPS) is 16.1. The Kier molecular flexibility index (Phi) is 4.63. The summed E-state index contributed by atoms with van der Waals surface area (Å²) >= 11 is 5.11. The fraction of sp³-hybridized carbons (Fsp3) is 0.118. The molecule has 132 valence electrons. The first-order valence-electron chi connectivity index (χ1n) is 7.65. The number of rotatable bonds is 4. The Hall–Kier alpha value is -3.33. The van der Waals surface area contributed by atoms with Crippen molar-refractivity contribution in [2.45, 2.75) is 13.3 Å². The van der Waals surface area contributed by atoms with Gasteiger partial charge in [-0.05, 0) is 48.5 Å². The van der Waals surface area contributed by atoms with Crippen molar-refractivity contribution in [1.29, 1.82) is 0 Å². The van der Waals surface area contributed by atoms with Gasteiger partial charge >= 0.3 is 5.88 Å². The van der Waals surface area contributed by atoms with Crippen LogP contribution < -0.4 is 10.2 Å². The number of amides is 2. The molecule has 0 atom stereocenters. The van der Waals surface area contributed by atoms with E-state index in [-0.39, 0.29) is 16.4 Å². The third kappa shape index (κ3) is 3.24. The third-order valence-corrected chi connectivity index (χ3v) is 4.07. The molecule has 2 amide bonds. The van der Waals surface area contributed by atoms with Crippen molar-refractivity contribution >= 4 is 46.8 Å². The molecule has 1 N–H and O–H groups in total. The van der Waals surface area contributed by atoms with Crippen molar-refractivity contribution in [3.05, 3.63) is 63.4 Å². The average molecular weight is 371 g/mol. The van der Waals surface area contributed by atoms with Gasteiger partial charge in [0.05, 0.1) is 11.8 Å². The third-order valence-electron chi connectivity index (χ3n) is 3.78. The number of carbonyl (C=O) groups is 2. The fourth-order valence-electron chi connectivity index (χ4n) is 2.43. The summed E-state index contributed by atoms with van der Waals surface area (Å²) in [5, 5.41) is 13.1. The molecule has 0 aliphatic carbocycles. The molecule has 2 heterocycles. The molecule has 1 aliphatic heterocycles. The summed E-state index contributed by atoms with van der Waals surface area (Å²) in [6, 6.07) is 9.63. The molecule has 9 heteroatoms. The largest absolute Gasteiger partial charge is 0.433 e. The van der Waals surface area contributed by atoms with E-state index in [0.717, 1.165) is 24.1 Å². The molecule has 1 aromatic heterocycles. The lowest BCUT2D eigenvalue weighted by Gasteiger charge is -2.28. The van der Waals surface area contributed by atoms with Gasteiger partial charge in [-0.25, -0.2) is 0 Å². The number of benzene rings is 1. The van der Waals surface area contributed by atoms with Gasteiger partial charge in [0.15, 0.2) is 5.11 Å². The van der Waals surface area contributed by atoms with Crippen LogP contribution in [0.1, 0.15) is 18.2 Å². The molecular weight excluding hydrogens is 358 g/mol. The quantitative estimate of drug-likeness (QED) is 0.291. The molecule has 1 saturated heterocycles. The first kappa shape index (κ1) is 17.5. The molecule has 8 nitrogen and oxygen atoms in total. The molecule has 1 aromatic carbocycles. The number of nitro groups is 1. The molecular formula is C17H13N3O5S. The molecule has 2 aromatic rings. The maximum atomic E-state index is 12.8. The summed E-state index contributed by atoms with van der Waals surface area (Å²) in [7, 11) is 0. The second kappa shape index (κ2) is 6.89. The highest BCUT2D eigenvalue weighted by atomic mass is 32.1. The van der Waals surface area contributed by atoms with E-state index in [1.807, 2.05) is 19.1 Å². The number of hydrogen-bond donors (Lipinski definition) is 1. The minimum Gasteiger partial charge on any atom is -0.401 e. The van der Waals surface area contributed by atoms with Crippen LogP contribution >= 0.6 is 12.2 Å². The maximum Gasteiger partial charge on any atom is 0.433 e. The smallest absolute Gasteiger partial charge is 0.401 e. The van der Waals surface area contributed by atoms with Crippen molar-refractivity contribution < 1.29 is 18.9 Å². The molecule has 3 rings (SSSR count). The summed E-state index contributed by atoms with van der Waals surface area (Å²) in [5.74, 6) is -1.80. The van der Waals surface area contributed by atoms with Gasteiger partial charge in [-0.1, -0.05) is 19.1 Å². The van der Waals surface area contributed by atoms with Gasteiger partial charge < -0.3 is 4.42 Å². The first-order valence-corrected chi connectivity index (χ1v) is 8.06. The Labute approximate surface area is 153 Å². The Morgan fingerprint density at radius 2 is 1.92 bits per heavy atom. The van der Waals surface area contributed by atoms with Crippen molar-refractivity contribution in [2.24, 2.45) is 0 Å². The van der Waals surface area contributed by atoms with Crippen LogP contribution in [0.15, 0.2) is 46.4 Å². The van der Waals surface area contributed by atoms with Crippen LogP contribution in [0.3, 0.4) is 0 Å². The van der Waals surface area contributed by atoms with E-state index < -0.39 is 22.6 Å². The molecule has 26 heavy (non-hydrogen) atoms. The second-order valence-electron chi connectivity index (χ2n) is 5.41. The lowest BCUT2D eigenvalue weighted by atomic mass is 10.1. The zero-order valence-electron chi connectivity index (χ0n) is 13.6. The maximum absolute atomic E-state index is 12.8. The lowest BCUT2D eigenvalue weighted by molar-refractivity contribution is -0.402. The average Bonchev–Trinajstić information content (AvgIpc) is 3.08. The molecule has 0 saturated carbocycles. The van der Waals surface area contributed by atoms with E-state index in [2.05, 4.69) is 5.32 Å². The monoisotopic (exact) mass is 371 g/mol. The molecule has 0 spiro atoms. The zero-order chi connectivity index (χ0) is 18.8. The van der Waals surface area contributed by atoms with E-state index in [1.165, 1.54) is 11.0 Å². The number of carbonyl (C=O) groups excluding carboxylic acids is 2. The van der Waals surface area contributed by atoms with Gasteiger partial charge in [0.25, 0.3) is 11.8 Å². The van der Waals surface area contributed by atoms with Gasteiger partial charge in [-0.3, -0.25) is 29.9 Å². The van der Waals surface area contributed by atoms with Crippen molar-refractivity contribution in [1.82, 2.24) is 5.32 Å². The summed E-state index contributed by atoms with van der Waals surface area (Å²) in [5.41, 5.74) is 1.36. The Morgan fingerprint density at radius 1 is 1.23 bits per heavy atom. The van der Waals surface area contributed by atoms with Crippen LogP contribution in [0.2, 0.25) is 0 Å². The molecule has 1 fully saturated rings. The lowest BCUT2D eigenvalue weighted by Crippen LogP contribution is -2.54. The number of anilines is 1. The Balaban J connectivity index is 1.96. The van der Waals surface area contributed by atoms with Crippen LogP contribution in [0, 0.1) is 10.1 Å². The van der Waals surface area contributed by atoms with Gasteiger partial charge in [0, 0.05) is 0 Å². The van der Waals surface area contributed by atoms with E-state index in [1.54, 1.807) is 12.1 Å². The van der Waals surface area contributed by atoms with Crippen LogP contribution in [0.25, 0.3) is 6.08 Å². The summed E-state index contributed by atoms with van der Waals surface area (Å²) in [6.07, 6.45) is 2.00. The Bertz CT molecular complexity index is 946. The van der Waals surface area contributed by atoms with Crippen LogP contribution in [-0.4, -0.2) is 21.9 Å². The standard InChI is InChI=1S/C17H13N3O5S/c1-2-10-3-5-11(6-4-10)19-16(22)13(15(21)18-17(19)26)9-12-7-8-14(25-12)20(23)24/h3-9H,2H2,1H3,(H,18,21,26)/b13-9+. The van der Waals surface area contributed by atoms with Gasteiger partial charge in [-0.2, -0.15) is 0 Å². The van der Waals surface area contributed by atoms with Crippen LogP contribution in [-0.2, 0) is 16.0 Å². The van der Waals surface area contributed by atoms with Gasteiger partial charge in [0.1, 0.15) is 16.3 Å². The SMILES string of the molecule is CCc1ccc(N2C(=O)/C(=C/c3ccc([N+](=O)[O-])o3)C(=O)NC2=S)cc1. The molecule has 0 radical (unpaired) electrons. The van der Waals surface area contributed by atoms with Gasteiger partial charge in [0.2, 0.25) is 0 Å². The topological polar surface area (TPSA) is 106 Å². The van der Waals surface area contributed by atoms with E-state index in [9.17, 15) is 19.7 Å². The van der Waals surface area contributed by atoms with E-state index >= 15 is 0 Å². The summed E-state index contributed by atoms with van der Waals surface area (Å²) in [4.78, 5) is 36.1. The Morgan fingerprint density at radius 3 is 2.50 bits per heavy atom. The fourth-order valence-corrected chi connectivity index (χ4v) is 2.71. The predicted molar refractivity (Wildman–Crippen MR) is 97.4 cm³/mol. The van der Waals surface area contributed by atoms with Crippen molar-refractivity contribution in [3.8, 4) is 0 Å². The van der Waals surface area contributed by atoms with Gasteiger partial charge in [-0.15, -0.1) is 0 Å². The number of thiocarbonyl (C=S) groups is 1. The van der Waals surface area contributed by atoms with Crippen molar-refractivity contribution in [2.75, 3.05) is 4.90 Å². The predicted octanol–water partition coefficient (Wildman–Crippen LogP) is 2.58. The molecule has 0 bridgehead atoms. The molecule has 0 unspecified atom stereocenters. The minimum atomic E-state index is -0.707. The number of aryl methyl sites for hydroxylation is 1. The van der Waals surface area contributed by atoms with Crippen LogP contribution in [0.5, 0.6) is 0 Å². The highest BCUT2D eigenvalue weighted by Gasteiger charge is 2.34. The zero-order valence-corrected chi connectivity index (χ0v) is 14.4. The first-order chi connectivity index (χ1) is 12.4. The van der Waals surface area contributed by atoms with E-state index in [0.29, 0.717) is 5.69 Å². The number of nitrogens with one attached hydrogen (secondary N) is 1. The summed E-state index contributed by atoms with van der Waals surface area (Å²) in [6.45, 7) is 2.01. The summed E-state index contributed by atoms with van der Waals surface area (Å²) < 4.78 is 4.98. The van der Waals surface area contributed by atoms with E-state index in [4.69, 9.17) is 16.6 Å². The highest BCUT2D eigenvalue weighted by molar-refractivity contribution is 7.80. The van der Waals surface area contributed by atoms with Crippen molar-refractivity contribution in [3.63, 3.8) is 0 Å². The number of hydrogen-bond acceptors (Lipinski definition) is 6. The van der Waals surface area contributed by atoms with Crippen LogP contribution in [0.4, 0.5) is 11.6 Å². The number of furan rings is 1. The highest BCUT2D eigenvalue weighted by Crippen LogP contribution is 2.24. The number of nitrogens with zero attached hydrogens (tertiary/aromatic N) is 2. The minimum absolute atomic E-state index is 0.0179. The second-order valence-corrected chi connectivity index (χ2v) is 5.80. The molecule has 1 aliphatic rings.